The number of fused-ring (bicyclic) bond motifs is 1. The van der Waals surface area contributed by atoms with E-state index in [-0.39, 0.29) is 5.69 Å². The minimum atomic E-state index is -0.995. The van der Waals surface area contributed by atoms with E-state index in [2.05, 4.69) is 4.98 Å². The van der Waals surface area contributed by atoms with Gasteiger partial charge in [0.05, 0.1) is 7.11 Å². The van der Waals surface area contributed by atoms with Gasteiger partial charge in [0.25, 0.3) is 0 Å². The van der Waals surface area contributed by atoms with Crippen molar-refractivity contribution >= 4 is 11.6 Å². The van der Waals surface area contributed by atoms with E-state index in [0.717, 1.165) is 22.6 Å². The predicted molar refractivity (Wildman–Crippen MR) is 83.6 cm³/mol. The number of pyridine rings is 1. The molecule has 0 spiro atoms. The van der Waals surface area contributed by atoms with Crippen LogP contribution in [0.2, 0.25) is 0 Å². The normalized spacial score (nSPS) is 10.9. The van der Waals surface area contributed by atoms with E-state index in [0.29, 0.717) is 11.3 Å². The number of imidazole rings is 1. The predicted octanol–water partition coefficient (Wildman–Crippen LogP) is 3.32. The topological polar surface area (TPSA) is 63.8 Å². The monoisotopic (exact) mass is 296 g/mol. The van der Waals surface area contributed by atoms with Crippen molar-refractivity contribution in [3.63, 3.8) is 0 Å². The molecule has 1 aromatic carbocycles. The summed E-state index contributed by atoms with van der Waals surface area (Å²) in [4.78, 5) is 16.2. The molecule has 2 aromatic heterocycles. The zero-order chi connectivity index (χ0) is 15.9. The summed E-state index contributed by atoms with van der Waals surface area (Å²) in [5, 5.41) is 9.62. The lowest BCUT2D eigenvalue weighted by molar-refractivity contribution is 0.0690. The maximum Gasteiger partial charge on any atom is 0.355 e. The van der Waals surface area contributed by atoms with E-state index in [9.17, 15) is 9.90 Å². The maximum atomic E-state index is 11.7. The molecule has 0 aliphatic carbocycles. The van der Waals surface area contributed by atoms with Crippen LogP contribution in [0.4, 0.5) is 0 Å². The fourth-order valence-corrected chi connectivity index (χ4v) is 2.68. The summed E-state index contributed by atoms with van der Waals surface area (Å²) in [6, 6.07) is 11.1. The Bertz CT molecular complexity index is 881. The molecule has 0 saturated heterocycles. The largest absolute Gasteiger partial charge is 0.496 e. The fraction of sp³-hybridized carbons (Fsp3) is 0.176. The number of aromatic nitrogens is 2. The first-order valence-corrected chi connectivity index (χ1v) is 6.89. The average Bonchev–Trinajstić information content (AvgIpc) is 2.88. The minimum absolute atomic E-state index is 0.178. The molecule has 0 saturated carbocycles. The van der Waals surface area contributed by atoms with E-state index >= 15 is 0 Å². The highest BCUT2D eigenvalue weighted by molar-refractivity contribution is 5.95. The number of carboxylic acid groups (broad SMARTS) is 1. The second kappa shape index (κ2) is 5.18. The van der Waals surface area contributed by atoms with Gasteiger partial charge in [-0.15, -0.1) is 0 Å². The van der Waals surface area contributed by atoms with Gasteiger partial charge >= 0.3 is 5.97 Å². The van der Waals surface area contributed by atoms with Crippen LogP contribution >= 0.6 is 0 Å². The van der Waals surface area contributed by atoms with Crippen molar-refractivity contribution in [2.75, 3.05) is 7.11 Å². The number of aryl methyl sites for hydroxylation is 2. The molecule has 5 heteroatoms. The molecule has 3 aromatic rings. The molecule has 5 nitrogen and oxygen atoms in total. The minimum Gasteiger partial charge on any atom is -0.496 e. The lowest BCUT2D eigenvalue weighted by atomic mass is 10.1. The van der Waals surface area contributed by atoms with Gasteiger partial charge in [0.2, 0.25) is 0 Å². The Kier molecular flexibility index (Phi) is 3.33. The van der Waals surface area contributed by atoms with Crippen molar-refractivity contribution in [2.45, 2.75) is 13.8 Å². The molecule has 0 aliphatic heterocycles. The summed E-state index contributed by atoms with van der Waals surface area (Å²) in [5.41, 5.74) is 3.80. The van der Waals surface area contributed by atoms with Gasteiger partial charge in [-0.05, 0) is 49.7 Å². The van der Waals surface area contributed by atoms with Crippen LogP contribution in [0.15, 0.2) is 36.4 Å². The van der Waals surface area contributed by atoms with Crippen molar-refractivity contribution in [3.05, 3.63) is 53.3 Å². The van der Waals surface area contributed by atoms with Gasteiger partial charge < -0.3 is 9.84 Å². The van der Waals surface area contributed by atoms with Gasteiger partial charge in [0.15, 0.2) is 5.69 Å². The van der Waals surface area contributed by atoms with Gasteiger partial charge in [-0.2, -0.15) is 0 Å². The van der Waals surface area contributed by atoms with E-state index in [4.69, 9.17) is 4.74 Å². The number of nitrogens with zero attached hydrogens (tertiary/aromatic N) is 2. The van der Waals surface area contributed by atoms with E-state index in [1.807, 2.05) is 44.2 Å². The summed E-state index contributed by atoms with van der Waals surface area (Å²) >= 11 is 0. The number of aromatic carboxylic acids is 1. The van der Waals surface area contributed by atoms with Crippen LogP contribution in [-0.4, -0.2) is 27.6 Å². The first-order valence-electron chi connectivity index (χ1n) is 6.89. The molecular weight excluding hydrogens is 280 g/mol. The number of hydrogen-bond donors (Lipinski definition) is 1. The van der Waals surface area contributed by atoms with Gasteiger partial charge in [0, 0.05) is 11.3 Å². The zero-order valence-corrected chi connectivity index (χ0v) is 12.6. The van der Waals surface area contributed by atoms with E-state index in [1.54, 1.807) is 17.6 Å². The number of rotatable bonds is 3. The lowest BCUT2D eigenvalue weighted by Gasteiger charge is -2.07. The third-order valence-corrected chi connectivity index (χ3v) is 3.71. The quantitative estimate of drug-likeness (QED) is 0.805. The average molecular weight is 296 g/mol. The summed E-state index contributed by atoms with van der Waals surface area (Å²) in [6.45, 7) is 3.79. The number of carboxylic acids is 1. The summed E-state index contributed by atoms with van der Waals surface area (Å²) in [6.07, 6.45) is 0. The van der Waals surface area contributed by atoms with Crippen molar-refractivity contribution in [1.29, 1.82) is 0 Å². The molecule has 0 bridgehead atoms. The van der Waals surface area contributed by atoms with Crippen molar-refractivity contribution in [1.82, 2.24) is 9.38 Å². The summed E-state index contributed by atoms with van der Waals surface area (Å²) < 4.78 is 6.91. The highest BCUT2D eigenvalue weighted by atomic mass is 16.5. The van der Waals surface area contributed by atoms with Crippen LogP contribution in [0.3, 0.4) is 0 Å². The second-order valence-corrected chi connectivity index (χ2v) is 5.16. The molecule has 0 radical (unpaired) electrons. The van der Waals surface area contributed by atoms with Crippen LogP contribution in [0.25, 0.3) is 16.9 Å². The number of carbonyl (C=O) groups is 1. The molecule has 0 atom stereocenters. The number of methoxy groups -OCH3 is 1. The van der Waals surface area contributed by atoms with Crippen molar-refractivity contribution < 1.29 is 14.6 Å². The van der Waals surface area contributed by atoms with Crippen LogP contribution < -0.4 is 4.74 Å². The molecule has 3 rings (SSSR count). The molecule has 0 aliphatic rings. The Morgan fingerprint density at radius 2 is 2.00 bits per heavy atom. The Morgan fingerprint density at radius 3 is 2.64 bits per heavy atom. The molecule has 0 fully saturated rings. The first-order chi connectivity index (χ1) is 10.5. The number of benzene rings is 1. The standard InChI is InChI=1S/C17H16N2O3/c1-10-9-12(7-8-13(10)22-3)15-16(17(20)21)19-11(2)5-4-6-14(19)18-15/h4-9H,1-3H3,(H,20,21). The zero-order valence-electron chi connectivity index (χ0n) is 12.6. The number of ether oxygens (including phenoxy) is 1. The lowest BCUT2D eigenvalue weighted by Crippen LogP contribution is -2.05. The molecule has 1 N–H and O–H groups in total. The smallest absolute Gasteiger partial charge is 0.355 e. The Morgan fingerprint density at radius 1 is 1.23 bits per heavy atom. The van der Waals surface area contributed by atoms with E-state index < -0.39 is 5.97 Å². The molecule has 2 heterocycles. The highest BCUT2D eigenvalue weighted by Gasteiger charge is 2.21. The third kappa shape index (κ3) is 2.11. The van der Waals surface area contributed by atoms with Gasteiger partial charge in [-0.3, -0.25) is 4.40 Å². The second-order valence-electron chi connectivity index (χ2n) is 5.16. The maximum absolute atomic E-state index is 11.7. The van der Waals surface area contributed by atoms with Gasteiger partial charge in [0.1, 0.15) is 17.1 Å². The van der Waals surface area contributed by atoms with Crippen molar-refractivity contribution in [3.8, 4) is 17.0 Å². The Labute approximate surface area is 127 Å². The fourth-order valence-electron chi connectivity index (χ4n) is 2.68. The Balaban J connectivity index is 2.31. The van der Waals surface area contributed by atoms with Crippen LogP contribution in [0.1, 0.15) is 21.7 Å². The first kappa shape index (κ1) is 14.1. The summed E-state index contributed by atoms with van der Waals surface area (Å²) in [7, 11) is 1.61. The van der Waals surface area contributed by atoms with Crippen LogP contribution in [0, 0.1) is 13.8 Å². The molecule has 112 valence electrons. The van der Waals surface area contributed by atoms with Gasteiger partial charge in [-0.25, -0.2) is 9.78 Å². The SMILES string of the molecule is COc1ccc(-c2nc3cccc(C)n3c2C(=O)O)cc1C. The highest BCUT2D eigenvalue weighted by Crippen LogP contribution is 2.29. The summed E-state index contributed by atoms with van der Waals surface area (Å²) in [5.74, 6) is -0.231. The van der Waals surface area contributed by atoms with Crippen LogP contribution in [-0.2, 0) is 0 Å². The van der Waals surface area contributed by atoms with Gasteiger partial charge in [-0.1, -0.05) is 6.07 Å². The molecule has 22 heavy (non-hydrogen) atoms. The van der Waals surface area contributed by atoms with Crippen molar-refractivity contribution in [2.24, 2.45) is 0 Å². The molecule has 0 unspecified atom stereocenters. The number of hydrogen-bond acceptors (Lipinski definition) is 3. The van der Waals surface area contributed by atoms with E-state index in [1.165, 1.54) is 0 Å². The van der Waals surface area contributed by atoms with Crippen LogP contribution in [0.5, 0.6) is 5.75 Å². The molecular formula is C17H16N2O3. The molecule has 0 amide bonds. The third-order valence-electron chi connectivity index (χ3n) is 3.71. The Hall–Kier alpha value is -2.82.